The molecule has 2 saturated heterocycles. The zero-order valence-electron chi connectivity index (χ0n) is 18.6. The third-order valence-corrected chi connectivity index (χ3v) is 6.76. The van der Waals surface area contributed by atoms with Crippen LogP contribution in [0.4, 0.5) is 0 Å². The summed E-state index contributed by atoms with van der Waals surface area (Å²) in [5.41, 5.74) is 21.7. The van der Waals surface area contributed by atoms with Crippen LogP contribution in [0.25, 0.3) is 11.4 Å². The molecule has 2 heterocycles. The first-order valence-electron chi connectivity index (χ1n) is 10.9. The Morgan fingerprint density at radius 1 is 0.939 bits per heavy atom. The number of nitrogens with zero attached hydrogens (tertiary/aromatic N) is 3. The lowest BCUT2D eigenvalue weighted by Gasteiger charge is -2.31. The number of likely N-dealkylation sites (N-methyl/N-ethyl adjacent to an activating group) is 1. The molecular weight excluding hydrogens is 436 g/mol. The van der Waals surface area contributed by atoms with E-state index in [9.17, 15) is 4.79 Å². The van der Waals surface area contributed by atoms with Crippen molar-refractivity contribution in [2.75, 3.05) is 26.7 Å². The molecule has 2 aliphatic rings. The predicted molar refractivity (Wildman–Crippen MR) is 134 cm³/mol. The highest BCUT2D eigenvalue weighted by molar-refractivity contribution is 6.39. The summed E-state index contributed by atoms with van der Waals surface area (Å²) in [5.74, 6) is 0.0300. The number of aliphatic imine (C=N–C) groups is 1. The molecule has 0 saturated carbocycles. The van der Waals surface area contributed by atoms with Gasteiger partial charge in [0, 0.05) is 25.2 Å². The molecule has 2 aromatic carbocycles. The largest absolute Gasteiger partial charge is 0.398 e. The van der Waals surface area contributed by atoms with Crippen LogP contribution in [-0.4, -0.2) is 60.3 Å². The van der Waals surface area contributed by atoms with Crippen LogP contribution < -0.4 is 17.2 Å². The minimum Gasteiger partial charge on any atom is -0.398 e. The Morgan fingerprint density at radius 3 is 2.03 bits per heavy atom. The van der Waals surface area contributed by atoms with E-state index in [1.807, 2.05) is 65.6 Å². The van der Waals surface area contributed by atoms with E-state index in [0.717, 1.165) is 30.6 Å². The first-order valence-corrected chi connectivity index (χ1v) is 11.3. The molecule has 0 aliphatic carbocycles. The number of benzene rings is 2. The smallest absolute Gasteiger partial charge is 0.244 e. The number of carbonyl (C=O) groups excluding carboxylic acids is 1. The minimum absolute atomic E-state index is 0.0488. The van der Waals surface area contributed by atoms with E-state index in [0.29, 0.717) is 23.0 Å². The molecule has 2 fully saturated rings. The van der Waals surface area contributed by atoms with E-state index in [-0.39, 0.29) is 29.4 Å². The Morgan fingerprint density at radius 2 is 1.52 bits per heavy atom. The number of hydrogen-bond acceptors (Lipinski definition) is 5. The van der Waals surface area contributed by atoms with E-state index in [1.165, 1.54) is 0 Å². The topological polar surface area (TPSA) is 114 Å². The third-order valence-electron chi connectivity index (χ3n) is 6.37. The maximum atomic E-state index is 12.9. The summed E-state index contributed by atoms with van der Waals surface area (Å²) < 4.78 is 0. The summed E-state index contributed by atoms with van der Waals surface area (Å²) in [4.78, 5) is 21.5. The minimum atomic E-state index is -0.0697. The van der Waals surface area contributed by atoms with Crippen LogP contribution in [0, 0.1) is 0 Å². The average molecular weight is 465 g/mol. The van der Waals surface area contributed by atoms with Crippen molar-refractivity contribution in [2.45, 2.75) is 18.5 Å². The highest BCUT2D eigenvalue weighted by Gasteiger charge is 2.43. The zero-order chi connectivity index (χ0) is 23.5. The van der Waals surface area contributed by atoms with E-state index in [2.05, 4.69) is 16.9 Å². The van der Waals surface area contributed by atoms with Crippen molar-refractivity contribution in [1.29, 1.82) is 0 Å². The maximum absolute atomic E-state index is 12.9. The first kappa shape index (κ1) is 22.9. The Balaban J connectivity index is 1.65. The van der Waals surface area contributed by atoms with Crippen molar-refractivity contribution in [1.82, 2.24) is 9.80 Å². The van der Waals surface area contributed by atoms with Crippen molar-refractivity contribution in [3.63, 3.8) is 0 Å². The van der Waals surface area contributed by atoms with Gasteiger partial charge < -0.3 is 22.1 Å². The highest BCUT2D eigenvalue weighted by Crippen LogP contribution is 2.30. The summed E-state index contributed by atoms with van der Waals surface area (Å²) in [5, 5.41) is 0.193. The van der Waals surface area contributed by atoms with Gasteiger partial charge in [-0.15, -0.1) is 0 Å². The summed E-state index contributed by atoms with van der Waals surface area (Å²) in [6, 6.07) is 19.3. The fourth-order valence-electron chi connectivity index (χ4n) is 4.50. The van der Waals surface area contributed by atoms with Crippen LogP contribution >= 0.6 is 11.6 Å². The van der Waals surface area contributed by atoms with Gasteiger partial charge in [-0.3, -0.25) is 14.7 Å². The molecule has 2 bridgehead atoms. The van der Waals surface area contributed by atoms with Gasteiger partial charge in [0.05, 0.1) is 22.0 Å². The quantitative estimate of drug-likeness (QED) is 0.344. The highest BCUT2D eigenvalue weighted by atomic mass is 35.5. The Bertz CT molecular complexity index is 1110. The predicted octanol–water partition coefficient (Wildman–Crippen LogP) is 2.19. The van der Waals surface area contributed by atoms with E-state index in [4.69, 9.17) is 28.8 Å². The van der Waals surface area contributed by atoms with Crippen LogP contribution in [0.3, 0.4) is 0 Å². The summed E-state index contributed by atoms with van der Waals surface area (Å²) in [6.07, 6.45) is 1.01. The van der Waals surface area contributed by atoms with Crippen molar-refractivity contribution in [2.24, 2.45) is 22.2 Å². The van der Waals surface area contributed by atoms with Crippen LogP contribution in [0.1, 0.15) is 17.5 Å². The van der Waals surface area contributed by atoms with E-state index < -0.39 is 0 Å². The number of carbonyl (C=O) groups is 1. The fraction of sp³-hybridized carbons (Fsp3) is 0.280. The fourth-order valence-corrected chi connectivity index (χ4v) is 4.81. The van der Waals surface area contributed by atoms with Crippen molar-refractivity contribution >= 4 is 34.7 Å². The van der Waals surface area contributed by atoms with Crippen LogP contribution in [-0.2, 0) is 4.79 Å². The third kappa shape index (κ3) is 4.74. The second-order valence-electron chi connectivity index (χ2n) is 8.48. The maximum Gasteiger partial charge on any atom is 0.244 e. The molecule has 2 atom stereocenters. The second-order valence-corrected chi connectivity index (χ2v) is 8.86. The van der Waals surface area contributed by atoms with Gasteiger partial charge in [-0.25, -0.2) is 0 Å². The molecule has 1 amide bonds. The molecule has 7 nitrogen and oxygen atoms in total. The molecule has 0 spiro atoms. The summed E-state index contributed by atoms with van der Waals surface area (Å²) in [7, 11) is 2.09. The van der Waals surface area contributed by atoms with Gasteiger partial charge >= 0.3 is 0 Å². The molecule has 0 radical (unpaired) electrons. The Kier molecular flexibility index (Phi) is 6.72. The van der Waals surface area contributed by atoms with E-state index in [1.54, 1.807) is 0 Å². The van der Waals surface area contributed by atoms with Gasteiger partial charge in [-0.05, 0) is 24.6 Å². The monoisotopic (exact) mass is 464 g/mol. The number of likely N-dealkylation sites (tertiary alicyclic amines) is 2. The number of amides is 1. The normalized spacial score (nSPS) is 22.2. The average Bonchev–Trinajstić information content (AvgIpc) is 3.43. The number of amidine groups is 1. The molecular formula is C25H29ClN6O. The van der Waals surface area contributed by atoms with Gasteiger partial charge in [-0.2, -0.15) is 0 Å². The lowest BCUT2D eigenvalue weighted by Crippen LogP contribution is -2.48. The molecule has 2 aromatic rings. The van der Waals surface area contributed by atoms with E-state index >= 15 is 0 Å². The number of halogens is 1. The molecule has 2 aliphatic heterocycles. The first-order chi connectivity index (χ1) is 15.9. The number of piperazine rings is 1. The summed E-state index contributed by atoms with van der Waals surface area (Å²) in [6.45, 7) is 1.55. The van der Waals surface area contributed by atoms with Gasteiger partial charge in [0.25, 0.3) is 0 Å². The lowest BCUT2D eigenvalue weighted by molar-refractivity contribution is -0.131. The Labute approximate surface area is 199 Å². The van der Waals surface area contributed by atoms with Crippen LogP contribution in [0.5, 0.6) is 0 Å². The molecule has 33 heavy (non-hydrogen) atoms. The number of hydrogen-bond donors (Lipinski definition) is 3. The molecule has 0 aromatic heterocycles. The number of fused-ring (bicyclic) bond motifs is 2. The second kappa shape index (κ2) is 9.68. The molecule has 172 valence electrons. The van der Waals surface area contributed by atoms with Crippen LogP contribution in [0.2, 0.25) is 0 Å². The standard InChI is InChI=1S/C25H29ClN6O/c1-31-14-19-12-18(31)15-32(19)20(33)13-30-25(29)21(23(27)16-8-4-2-5-9-16)22(26)24(28)17-10-6-3-7-11-17/h2-11,18-19H,12-15,27-28H2,1H3,(H2,29,30)/b23-21?,24-22+. The van der Waals surface area contributed by atoms with Crippen molar-refractivity contribution in [3.05, 3.63) is 82.4 Å². The number of rotatable bonds is 6. The number of nitrogens with two attached hydrogens (primary N) is 3. The molecule has 8 heteroatoms. The zero-order valence-corrected chi connectivity index (χ0v) is 19.4. The van der Waals surface area contributed by atoms with Gasteiger partial charge in [0.1, 0.15) is 12.4 Å². The van der Waals surface area contributed by atoms with Gasteiger partial charge in [-0.1, -0.05) is 72.3 Å². The van der Waals surface area contributed by atoms with Crippen LogP contribution in [0.15, 0.2) is 76.3 Å². The van der Waals surface area contributed by atoms with Crippen molar-refractivity contribution in [3.8, 4) is 0 Å². The SMILES string of the molecule is CN1CC2CC1CN2C(=O)CN=C(N)C(=C(N)c1ccccc1)/C(Cl)=C(\N)c1ccccc1. The summed E-state index contributed by atoms with van der Waals surface area (Å²) >= 11 is 6.74. The lowest BCUT2D eigenvalue weighted by atomic mass is 10.0. The molecule has 2 unspecified atom stereocenters. The van der Waals surface area contributed by atoms with Crippen molar-refractivity contribution < 1.29 is 4.79 Å². The van der Waals surface area contributed by atoms with Gasteiger partial charge in [0.2, 0.25) is 5.91 Å². The molecule has 4 rings (SSSR count). The molecule has 6 N–H and O–H groups in total. The van der Waals surface area contributed by atoms with Gasteiger partial charge in [0.15, 0.2) is 0 Å². The Hall–Kier alpha value is -3.29.